The second kappa shape index (κ2) is 9.05. The topological polar surface area (TPSA) is 84.0 Å². The van der Waals surface area contributed by atoms with Gasteiger partial charge in [0.15, 0.2) is 6.61 Å². The molecule has 0 aliphatic carbocycles. The Morgan fingerprint density at radius 1 is 1.00 bits per heavy atom. The lowest BCUT2D eigenvalue weighted by atomic mass is 10.0. The highest BCUT2D eigenvalue weighted by atomic mass is 32.2. The van der Waals surface area contributed by atoms with Crippen molar-refractivity contribution < 1.29 is 22.7 Å². The first-order chi connectivity index (χ1) is 13.4. The van der Waals surface area contributed by atoms with Gasteiger partial charge in [0, 0.05) is 25.7 Å². The number of benzene rings is 1. The van der Waals surface area contributed by atoms with Gasteiger partial charge in [-0.3, -0.25) is 4.79 Å². The van der Waals surface area contributed by atoms with Crippen molar-refractivity contribution in [1.29, 1.82) is 0 Å². The van der Waals surface area contributed by atoms with E-state index in [1.165, 1.54) is 28.6 Å². The highest BCUT2D eigenvalue weighted by Crippen LogP contribution is 2.21. The van der Waals surface area contributed by atoms with Crippen molar-refractivity contribution in [3.05, 3.63) is 29.8 Å². The molecule has 0 radical (unpaired) electrons. The summed E-state index contributed by atoms with van der Waals surface area (Å²) in [6.07, 6.45) is 5.83. The van der Waals surface area contributed by atoms with Crippen LogP contribution < -0.4 is 0 Å². The molecule has 0 saturated carbocycles. The van der Waals surface area contributed by atoms with Crippen LogP contribution in [0.15, 0.2) is 29.2 Å². The summed E-state index contributed by atoms with van der Waals surface area (Å²) in [7, 11) is -3.53. The molecule has 2 aliphatic rings. The molecule has 8 heteroatoms. The maximum Gasteiger partial charge on any atom is 0.338 e. The van der Waals surface area contributed by atoms with Gasteiger partial charge in [0.2, 0.25) is 10.0 Å². The van der Waals surface area contributed by atoms with E-state index >= 15 is 0 Å². The summed E-state index contributed by atoms with van der Waals surface area (Å²) in [6, 6.07) is 5.89. The number of rotatable bonds is 5. The van der Waals surface area contributed by atoms with E-state index in [9.17, 15) is 18.0 Å². The van der Waals surface area contributed by atoms with Crippen molar-refractivity contribution in [2.75, 3.05) is 26.2 Å². The van der Waals surface area contributed by atoms with Gasteiger partial charge in [-0.05, 0) is 63.3 Å². The summed E-state index contributed by atoms with van der Waals surface area (Å²) < 4.78 is 31.9. The van der Waals surface area contributed by atoms with E-state index < -0.39 is 16.0 Å². The first-order valence-corrected chi connectivity index (χ1v) is 11.4. The average molecular weight is 409 g/mol. The molecule has 1 aromatic rings. The first-order valence-electron chi connectivity index (χ1n) is 9.96. The fraction of sp³-hybridized carbons (Fsp3) is 0.600. The minimum atomic E-state index is -3.53. The third-order valence-corrected chi connectivity index (χ3v) is 7.41. The molecule has 0 bridgehead atoms. The number of nitrogens with zero attached hydrogens (tertiary/aromatic N) is 2. The number of piperidine rings is 2. The quantitative estimate of drug-likeness (QED) is 0.699. The standard InChI is InChI=1S/C20H28N2O5S/c1-16-7-3-6-14-22(16)19(23)15-27-20(24)17-8-10-18(11-9-17)28(25,26)21-12-4-2-5-13-21/h8-11,16H,2-7,12-15H2,1H3/t16-/m0/s1. The third-order valence-electron chi connectivity index (χ3n) is 5.49. The molecule has 28 heavy (non-hydrogen) atoms. The number of ether oxygens (including phenoxy) is 1. The Morgan fingerprint density at radius 3 is 2.29 bits per heavy atom. The van der Waals surface area contributed by atoms with Crippen LogP contribution in [0.2, 0.25) is 0 Å². The zero-order chi connectivity index (χ0) is 20.1. The largest absolute Gasteiger partial charge is 0.452 e. The van der Waals surface area contributed by atoms with Gasteiger partial charge in [-0.25, -0.2) is 13.2 Å². The number of sulfonamides is 1. The molecule has 154 valence electrons. The van der Waals surface area contributed by atoms with E-state index in [0.717, 1.165) is 38.5 Å². The molecule has 1 amide bonds. The Hall–Kier alpha value is -1.93. The Balaban J connectivity index is 1.58. The molecule has 0 spiro atoms. The van der Waals surface area contributed by atoms with Crippen LogP contribution in [0.3, 0.4) is 0 Å². The van der Waals surface area contributed by atoms with Crippen LogP contribution in [-0.2, 0) is 19.6 Å². The normalized spacial score (nSPS) is 21.3. The zero-order valence-corrected chi connectivity index (χ0v) is 17.1. The second-order valence-electron chi connectivity index (χ2n) is 7.50. The van der Waals surface area contributed by atoms with E-state index in [-0.39, 0.29) is 29.0 Å². The van der Waals surface area contributed by atoms with Crippen LogP contribution in [0.4, 0.5) is 0 Å². The predicted octanol–water partition coefficient (Wildman–Crippen LogP) is 2.42. The molecule has 7 nitrogen and oxygen atoms in total. The molecule has 1 aromatic carbocycles. The molecule has 1 atom stereocenters. The molecule has 0 aromatic heterocycles. The van der Waals surface area contributed by atoms with Crippen LogP contribution in [0, 0.1) is 0 Å². The lowest BCUT2D eigenvalue weighted by molar-refractivity contribution is -0.137. The number of esters is 1. The monoisotopic (exact) mass is 408 g/mol. The average Bonchev–Trinajstić information content (AvgIpc) is 2.73. The Kier molecular flexibility index (Phi) is 6.72. The Morgan fingerprint density at radius 2 is 1.64 bits per heavy atom. The molecular formula is C20H28N2O5S. The van der Waals surface area contributed by atoms with Crippen molar-refractivity contribution in [3.8, 4) is 0 Å². The summed E-state index contributed by atoms with van der Waals surface area (Å²) in [5, 5.41) is 0. The summed E-state index contributed by atoms with van der Waals surface area (Å²) in [4.78, 5) is 26.4. The van der Waals surface area contributed by atoms with Gasteiger partial charge in [-0.1, -0.05) is 6.42 Å². The van der Waals surface area contributed by atoms with Gasteiger partial charge in [0.1, 0.15) is 0 Å². The summed E-state index contributed by atoms with van der Waals surface area (Å²) >= 11 is 0. The highest BCUT2D eigenvalue weighted by Gasteiger charge is 2.27. The maximum atomic E-state index is 12.6. The van der Waals surface area contributed by atoms with E-state index in [1.54, 1.807) is 4.90 Å². The maximum absolute atomic E-state index is 12.6. The van der Waals surface area contributed by atoms with Crippen LogP contribution in [0.25, 0.3) is 0 Å². The van der Waals surface area contributed by atoms with Crippen molar-refractivity contribution in [3.63, 3.8) is 0 Å². The Labute approximate surface area is 166 Å². The van der Waals surface area contributed by atoms with Crippen molar-refractivity contribution >= 4 is 21.9 Å². The summed E-state index contributed by atoms with van der Waals surface area (Å²) in [5.41, 5.74) is 0.233. The number of amides is 1. The molecule has 0 N–H and O–H groups in total. The van der Waals surface area contributed by atoms with Gasteiger partial charge < -0.3 is 9.64 Å². The predicted molar refractivity (Wildman–Crippen MR) is 104 cm³/mol. The van der Waals surface area contributed by atoms with Crippen LogP contribution in [0.5, 0.6) is 0 Å². The van der Waals surface area contributed by atoms with E-state index in [0.29, 0.717) is 19.6 Å². The molecule has 2 fully saturated rings. The van der Waals surface area contributed by atoms with Crippen LogP contribution in [-0.4, -0.2) is 61.8 Å². The van der Waals surface area contributed by atoms with Gasteiger partial charge in [-0.2, -0.15) is 4.31 Å². The van der Waals surface area contributed by atoms with Gasteiger partial charge in [-0.15, -0.1) is 0 Å². The molecule has 2 heterocycles. The number of hydrogen-bond donors (Lipinski definition) is 0. The highest BCUT2D eigenvalue weighted by molar-refractivity contribution is 7.89. The number of carbonyl (C=O) groups is 2. The SMILES string of the molecule is C[C@H]1CCCCN1C(=O)COC(=O)c1ccc(S(=O)(=O)N2CCCCC2)cc1. The number of likely N-dealkylation sites (tertiary alicyclic amines) is 1. The van der Waals surface area contributed by atoms with E-state index in [4.69, 9.17) is 4.74 Å². The fourth-order valence-electron chi connectivity index (χ4n) is 3.78. The van der Waals surface area contributed by atoms with E-state index in [1.807, 2.05) is 6.92 Å². The fourth-order valence-corrected chi connectivity index (χ4v) is 5.30. The smallest absolute Gasteiger partial charge is 0.338 e. The Bertz CT molecular complexity index is 800. The molecular weight excluding hydrogens is 380 g/mol. The third kappa shape index (κ3) is 4.72. The molecule has 2 aliphatic heterocycles. The van der Waals surface area contributed by atoms with Gasteiger partial charge in [0.05, 0.1) is 10.5 Å². The molecule has 0 unspecified atom stereocenters. The summed E-state index contributed by atoms with van der Waals surface area (Å²) in [5.74, 6) is -0.815. The first kappa shape index (κ1) is 20.8. The van der Waals surface area contributed by atoms with E-state index in [2.05, 4.69) is 0 Å². The summed E-state index contributed by atoms with van der Waals surface area (Å²) in [6.45, 7) is 3.46. The molecule has 2 saturated heterocycles. The van der Waals surface area contributed by atoms with Crippen molar-refractivity contribution in [2.45, 2.75) is 56.4 Å². The minimum Gasteiger partial charge on any atom is -0.452 e. The molecule has 3 rings (SSSR count). The number of carbonyl (C=O) groups excluding carboxylic acids is 2. The number of hydrogen-bond acceptors (Lipinski definition) is 5. The lowest BCUT2D eigenvalue weighted by Crippen LogP contribution is -2.44. The van der Waals surface area contributed by atoms with Gasteiger partial charge in [0.25, 0.3) is 5.91 Å². The minimum absolute atomic E-state index is 0.166. The second-order valence-corrected chi connectivity index (χ2v) is 9.44. The van der Waals surface area contributed by atoms with Crippen LogP contribution >= 0.6 is 0 Å². The van der Waals surface area contributed by atoms with Gasteiger partial charge >= 0.3 is 5.97 Å². The van der Waals surface area contributed by atoms with Crippen molar-refractivity contribution in [1.82, 2.24) is 9.21 Å². The lowest BCUT2D eigenvalue weighted by Gasteiger charge is -2.33. The zero-order valence-electron chi connectivity index (χ0n) is 16.3. The van der Waals surface area contributed by atoms with Crippen LogP contribution in [0.1, 0.15) is 55.8 Å². The van der Waals surface area contributed by atoms with Crippen molar-refractivity contribution in [2.24, 2.45) is 0 Å².